The van der Waals surface area contributed by atoms with Crippen molar-refractivity contribution in [3.05, 3.63) is 42.0 Å². The summed E-state index contributed by atoms with van der Waals surface area (Å²) >= 11 is 0. The quantitative estimate of drug-likeness (QED) is 0.740. The fourth-order valence-electron chi connectivity index (χ4n) is 3.86. The van der Waals surface area contributed by atoms with E-state index < -0.39 is 10.0 Å². The number of rotatable bonds is 5. The lowest BCUT2D eigenvalue weighted by Crippen LogP contribution is -2.30. The zero-order chi connectivity index (χ0) is 20.4. The molecule has 29 heavy (non-hydrogen) atoms. The van der Waals surface area contributed by atoms with Crippen LogP contribution in [0.2, 0.25) is 0 Å². The van der Waals surface area contributed by atoms with Crippen molar-refractivity contribution >= 4 is 10.0 Å². The lowest BCUT2D eigenvalue weighted by molar-refractivity contribution is 0.296. The van der Waals surface area contributed by atoms with Crippen LogP contribution in [0.1, 0.15) is 30.9 Å². The van der Waals surface area contributed by atoms with Gasteiger partial charge >= 0.3 is 0 Å². The highest BCUT2D eigenvalue weighted by Crippen LogP contribution is 2.41. The maximum atomic E-state index is 13.4. The van der Waals surface area contributed by atoms with Gasteiger partial charge in [-0.2, -0.15) is 4.31 Å². The van der Waals surface area contributed by atoms with E-state index in [9.17, 15) is 8.42 Å². The summed E-state index contributed by atoms with van der Waals surface area (Å²) in [6.07, 6.45) is 2.31. The Kier molecular flexibility index (Phi) is 5.56. The first-order valence-electron chi connectivity index (χ1n) is 9.68. The summed E-state index contributed by atoms with van der Waals surface area (Å²) in [6, 6.07) is 10.1. The number of sulfonamides is 1. The third-order valence-corrected chi connectivity index (χ3v) is 7.23. The highest BCUT2D eigenvalue weighted by Gasteiger charge is 2.37. The van der Waals surface area contributed by atoms with Crippen molar-refractivity contribution in [1.29, 1.82) is 0 Å². The van der Waals surface area contributed by atoms with E-state index in [1.807, 2.05) is 18.2 Å². The van der Waals surface area contributed by atoms with Gasteiger partial charge in [-0.15, -0.1) is 0 Å². The zero-order valence-corrected chi connectivity index (χ0v) is 17.4. The molecule has 0 amide bonds. The Bertz CT molecular complexity index is 991. The molecule has 2 aromatic carbocycles. The molecule has 7 nitrogen and oxygen atoms in total. The fourth-order valence-corrected chi connectivity index (χ4v) is 5.56. The molecule has 0 aliphatic carbocycles. The molecule has 0 aromatic heterocycles. The van der Waals surface area contributed by atoms with Crippen molar-refractivity contribution in [1.82, 2.24) is 4.31 Å². The number of methoxy groups -OCH3 is 2. The van der Waals surface area contributed by atoms with Crippen LogP contribution in [-0.4, -0.2) is 46.7 Å². The van der Waals surface area contributed by atoms with Crippen molar-refractivity contribution in [2.75, 3.05) is 34.0 Å². The second-order valence-electron chi connectivity index (χ2n) is 7.05. The lowest BCUT2D eigenvalue weighted by atomic mass is 10.0. The highest BCUT2D eigenvalue weighted by atomic mass is 32.2. The Balaban J connectivity index is 1.67. The van der Waals surface area contributed by atoms with Gasteiger partial charge < -0.3 is 18.9 Å². The van der Waals surface area contributed by atoms with E-state index in [0.717, 1.165) is 24.8 Å². The monoisotopic (exact) mass is 419 g/mol. The summed E-state index contributed by atoms with van der Waals surface area (Å²) in [7, 11) is -0.542. The summed E-state index contributed by atoms with van der Waals surface area (Å²) < 4.78 is 50.4. The van der Waals surface area contributed by atoms with E-state index >= 15 is 0 Å². The summed E-state index contributed by atoms with van der Waals surface area (Å²) in [5.74, 6) is 2.26. The van der Waals surface area contributed by atoms with Crippen LogP contribution >= 0.6 is 0 Å². The molecule has 1 saturated heterocycles. The zero-order valence-electron chi connectivity index (χ0n) is 16.6. The maximum absolute atomic E-state index is 13.4. The van der Waals surface area contributed by atoms with E-state index in [1.54, 1.807) is 36.7 Å². The SMILES string of the molecule is COc1ccc(C2CCCN2S(=O)(=O)c2ccc3c(c2)OCCCO3)cc1OC. The van der Waals surface area contributed by atoms with Crippen LogP contribution in [0, 0.1) is 0 Å². The molecule has 1 atom stereocenters. The van der Waals surface area contributed by atoms with Crippen LogP contribution < -0.4 is 18.9 Å². The topological polar surface area (TPSA) is 74.3 Å². The molecule has 0 spiro atoms. The molecule has 1 fully saturated rings. The van der Waals surface area contributed by atoms with Gasteiger partial charge in [0.25, 0.3) is 0 Å². The molecular weight excluding hydrogens is 394 g/mol. The summed E-state index contributed by atoms with van der Waals surface area (Å²) in [5, 5.41) is 0. The average molecular weight is 419 g/mol. The maximum Gasteiger partial charge on any atom is 0.243 e. The predicted octanol–water partition coefficient (Wildman–Crippen LogP) is 3.39. The molecule has 2 aliphatic heterocycles. The van der Waals surface area contributed by atoms with Gasteiger partial charge in [0.1, 0.15) is 0 Å². The van der Waals surface area contributed by atoms with Crippen LogP contribution in [0.4, 0.5) is 0 Å². The third-order valence-electron chi connectivity index (χ3n) is 5.32. The van der Waals surface area contributed by atoms with Crippen molar-refractivity contribution in [3.63, 3.8) is 0 Å². The second-order valence-corrected chi connectivity index (χ2v) is 8.94. The number of hydrogen-bond donors (Lipinski definition) is 0. The lowest BCUT2D eigenvalue weighted by Gasteiger charge is -2.25. The Morgan fingerprint density at radius 1 is 0.931 bits per heavy atom. The van der Waals surface area contributed by atoms with E-state index in [4.69, 9.17) is 18.9 Å². The Labute approximate surface area is 171 Å². The Morgan fingerprint density at radius 2 is 1.69 bits per heavy atom. The standard InChI is InChI=1S/C21H25NO6S/c1-25-18-8-6-15(13-20(18)26-2)17-5-3-10-22(17)29(23,24)16-7-9-19-21(14-16)28-12-4-11-27-19/h6-9,13-14,17H,3-5,10-12H2,1-2H3. The van der Waals surface area contributed by atoms with Crippen molar-refractivity contribution in [3.8, 4) is 23.0 Å². The van der Waals surface area contributed by atoms with Gasteiger partial charge in [-0.05, 0) is 42.7 Å². The van der Waals surface area contributed by atoms with E-state index in [1.165, 1.54) is 0 Å². The van der Waals surface area contributed by atoms with E-state index in [0.29, 0.717) is 42.8 Å². The number of fused-ring (bicyclic) bond motifs is 1. The van der Waals surface area contributed by atoms with Crippen molar-refractivity contribution < 1.29 is 27.4 Å². The summed E-state index contributed by atoms with van der Waals surface area (Å²) in [6.45, 7) is 1.54. The van der Waals surface area contributed by atoms with Crippen LogP contribution in [-0.2, 0) is 10.0 Å². The average Bonchev–Trinajstić information content (AvgIpc) is 3.13. The minimum Gasteiger partial charge on any atom is -0.493 e. The van der Waals surface area contributed by atoms with Gasteiger partial charge in [0.05, 0.1) is 38.4 Å². The van der Waals surface area contributed by atoms with Gasteiger partial charge in [0, 0.05) is 19.0 Å². The molecule has 0 saturated carbocycles. The van der Waals surface area contributed by atoms with Gasteiger partial charge in [-0.25, -0.2) is 8.42 Å². The Hall–Kier alpha value is -2.45. The first-order chi connectivity index (χ1) is 14.0. The third kappa shape index (κ3) is 3.74. The number of nitrogens with zero attached hydrogens (tertiary/aromatic N) is 1. The van der Waals surface area contributed by atoms with Crippen LogP contribution in [0.3, 0.4) is 0 Å². The smallest absolute Gasteiger partial charge is 0.243 e. The van der Waals surface area contributed by atoms with Gasteiger partial charge in [0.15, 0.2) is 23.0 Å². The summed E-state index contributed by atoms with van der Waals surface area (Å²) in [4.78, 5) is 0.217. The van der Waals surface area contributed by atoms with Gasteiger partial charge in [-0.3, -0.25) is 0 Å². The molecule has 156 valence electrons. The fraction of sp³-hybridized carbons (Fsp3) is 0.429. The van der Waals surface area contributed by atoms with Crippen LogP contribution in [0.5, 0.6) is 23.0 Å². The highest BCUT2D eigenvalue weighted by molar-refractivity contribution is 7.89. The molecule has 4 rings (SSSR count). The molecule has 2 heterocycles. The van der Waals surface area contributed by atoms with E-state index in [-0.39, 0.29) is 10.9 Å². The molecule has 2 aromatic rings. The van der Waals surface area contributed by atoms with Crippen LogP contribution in [0.15, 0.2) is 41.3 Å². The molecular formula is C21H25NO6S. The van der Waals surface area contributed by atoms with Gasteiger partial charge in [-0.1, -0.05) is 6.07 Å². The number of hydrogen-bond acceptors (Lipinski definition) is 6. The molecule has 0 bridgehead atoms. The van der Waals surface area contributed by atoms with Crippen molar-refractivity contribution in [2.24, 2.45) is 0 Å². The minimum atomic E-state index is -3.69. The largest absolute Gasteiger partial charge is 0.493 e. The normalized spacial score (nSPS) is 19.6. The molecule has 1 unspecified atom stereocenters. The summed E-state index contributed by atoms with van der Waals surface area (Å²) in [5.41, 5.74) is 0.887. The van der Waals surface area contributed by atoms with Crippen LogP contribution in [0.25, 0.3) is 0 Å². The number of benzene rings is 2. The first kappa shape index (κ1) is 19.8. The molecule has 0 radical (unpaired) electrons. The van der Waals surface area contributed by atoms with Gasteiger partial charge in [0.2, 0.25) is 10.0 Å². The first-order valence-corrected chi connectivity index (χ1v) is 11.1. The van der Waals surface area contributed by atoms with E-state index in [2.05, 4.69) is 0 Å². The predicted molar refractivity (Wildman–Crippen MR) is 107 cm³/mol. The second kappa shape index (κ2) is 8.12. The molecule has 2 aliphatic rings. The molecule has 0 N–H and O–H groups in total. The Morgan fingerprint density at radius 3 is 2.45 bits per heavy atom. The van der Waals surface area contributed by atoms with Crippen molar-refractivity contribution in [2.45, 2.75) is 30.2 Å². The minimum absolute atomic E-state index is 0.217. The number of ether oxygens (including phenoxy) is 4. The molecule has 8 heteroatoms.